The standard InChI is InChI=1S/C8H15NO4S/c1-5(7-3-4-7)9-14(12,13)6(2)8(10)11/h5-7,9H,3-4H2,1-2H3,(H,10,11). The van der Waals surface area contributed by atoms with Gasteiger partial charge in [0.25, 0.3) is 0 Å². The molecule has 2 atom stereocenters. The van der Waals surface area contributed by atoms with Crippen molar-refractivity contribution in [1.29, 1.82) is 0 Å². The molecule has 0 spiro atoms. The first-order chi connectivity index (χ1) is 6.34. The van der Waals surface area contributed by atoms with Crippen LogP contribution < -0.4 is 4.72 Å². The molecule has 0 aromatic rings. The molecule has 6 heteroatoms. The zero-order valence-corrected chi connectivity index (χ0v) is 9.04. The van der Waals surface area contributed by atoms with Gasteiger partial charge in [-0.05, 0) is 32.6 Å². The van der Waals surface area contributed by atoms with E-state index in [1.807, 2.05) is 0 Å². The molecule has 0 amide bonds. The number of carboxylic acids is 1. The molecule has 0 radical (unpaired) electrons. The summed E-state index contributed by atoms with van der Waals surface area (Å²) in [5, 5.41) is 7.18. The molecule has 14 heavy (non-hydrogen) atoms. The lowest BCUT2D eigenvalue weighted by molar-refractivity contribution is -0.136. The highest BCUT2D eigenvalue weighted by Crippen LogP contribution is 2.32. The van der Waals surface area contributed by atoms with E-state index in [2.05, 4.69) is 4.72 Å². The van der Waals surface area contributed by atoms with E-state index in [9.17, 15) is 13.2 Å². The van der Waals surface area contributed by atoms with E-state index in [1.54, 1.807) is 6.92 Å². The predicted molar refractivity (Wildman–Crippen MR) is 51.3 cm³/mol. The maximum atomic E-state index is 11.4. The minimum absolute atomic E-state index is 0.151. The van der Waals surface area contributed by atoms with Gasteiger partial charge in [0.05, 0.1) is 0 Å². The average molecular weight is 221 g/mol. The van der Waals surface area contributed by atoms with Crippen molar-refractivity contribution < 1.29 is 18.3 Å². The lowest BCUT2D eigenvalue weighted by Gasteiger charge is -2.15. The predicted octanol–water partition coefficient (Wildman–Crippen LogP) is 0.177. The first kappa shape index (κ1) is 11.5. The van der Waals surface area contributed by atoms with Crippen LogP contribution in [0, 0.1) is 5.92 Å². The summed E-state index contributed by atoms with van der Waals surface area (Å²) in [5.41, 5.74) is 0. The van der Waals surface area contributed by atoms with Crippen molar-refractivity contribution in [3.63, 3.8) is 0 Å². The summed E-state index contributed by atoms with van der Waals surface area (Å²) >= 11 is 0. The Morgan fingerprint density at radius 2 is 1.93 bits per heavy atom. The quantitative estimate of drug-likeness (QED) is 0.693. The second-order valence-electron chi connectivity index (χ2n) is 3.77. The van der Waals surface area contributed by atoms with Crippen molar-refractivity contribution in [2.45, 2.75) is 38.0 Å². The van der Waals surface area contributed by atoms with Gasteiger partial charge >= 0.3 is 5.97 Å². The highest BCUT2D eigenvalue weighted by molar-refractivity contribution is 7.90. The number of sulfonamides is 1. The van der Waals surface area contributed by atoms with Crippen molar-refractivity contribution >= 4 is 16.0 Å². The molecule has 0 aliphatic heterocycles. The SMILES string of the molecule is CC(NS(=O)(=O)C(C)C(=O)O)C1CC1. The molecule has 2 N–H and O–H groups in total. The number of rotatable bonds is 5. The molecule has 1 aliphatic rings. The molecule has 0 aromatic carbocycles. The Hall–Kier alpha value is -0.620. The maximum absolute atomic E-state index is 11.4. The zero-order chi connectivity index (χ0) is 10.9. The Kier molecular flexibility index (Phi) is 3.16. The van der Waals surface area contributed by atoms with E-state index in [0.717, 1.165) is 12.8 Å². The summed E-state index contributed by atoms with van der Waals surface area (Å²) in [5.74, 6) is -0.939. The van der Waals surface area contributed by atoms with Crippen LogP contribution in [0.2, 0.25) is 0 Å². The highest BCUT2D eigenvalue weighted by Gasteiger charge is 2.34. The Morgan fingerprint density at radius 3 is 2.29 bits per heavy atom. The summed E-state index contributed by atoms with van der Waals surface area (Å²) in [7, 11) is -3.71. The molecule has 1 fully saturated rings. The van der Waals surface area contributed by atoms with Gasteiger partial charge in [-0.2, -0.15) is 0 Å². The second-order valence-corrected chi connectivity index (χ2v) is 5.80. The fraction of sp³-hybridized carbons (Fsp3) is 0.875. The summed E-state index contributed by atoms with van der Waals surface area (Å²) in [6.45, 7) is 2.94. The van der Waals surface area contributed by atoms with Crippen LogP contribution in [-0.4, -0.2) is 30.8 Å². The van der Waals surface area contributed by atoms with E-state index in [-0.39, 0.29) is 6.04 Å². The topological polar surface area (TPSA) is 83.5 Å². The van der Waals surface area contributed by atoms with E-state index in [4.69, 9.17) is 5.11 Å². The van der Waals surface area contributed by atoms with Crippen molar-refractivity contribution in [3.8, 4) is 0 Å². The molecule has 1 rings (SSSR count). The largest absolute Gasteiger partial charge is 0.480 e. The normalized spacial score (nSPS) is 21.6. The van der Waals surface area contributed by atoms with Crippen LogP contribution in [-0.2, 0) is 14.8 Å². The van der Waals surface area contributed by atoms with Crippen LogP contribution in [0.15, 0.2) is 0 Å². The van der Waals surface area contributed by atoms with Gasteiger partial charge in [0, 0.05) is 6.04 Å². The summed E-state index contributed by atoms with van der Waals surface area (Å²) < 4.78 is 25.2. The van der Waals surface area contributed by atoms with E-state index >= 15 is 0 Å². The molecule has 0 heterocycles. The van der Waals surface area contributed by atoms with Gasteiger partial charge in [0.2, 0.25) is 10.0 Å². The number of carboxylic acid groups (broad SMARTS) is 1. The van der Waals surface area contributed by atoms with Crippen LogP contribution in [0.4, 0.5) is 0 Å². The molecule has 0 bridgehead atoms. The van der Waals surface area contributed by atoms with E-state index < -0.39 is 21.2 Å². The smallest absolute Gasteiger partial charge is 0.323 e. The third-order valence-corrected chi connectivity index (χ3v) is 4.33. The summed E-state index contributed by atoms with van der Waals surface area (Å²) in [4.78, 5) is 10.5. The van der Waals surface area contributed by atoms with Crippen molar-refractivity contribution in [1.82, 2.24) is 4.72 Å². The highest BCUT2D eigenvalue weighted by atomic mass is 32.2. The molecular weight excluding hydrogens is 206 g/mol. The first-order valence-electron chi connectivity index (χ1n) is 4.58. The van der Waals surface area contributed by atoms with Crippen LogP contribution >= 0.6 is 0 Å². The van der Waals surface area contributed by atoms with Crippen LogP contribution in [0.25, 0.3) is 0 Å². The van der Waals surface area contributed by atoms with Crippen LogP contribution in [0.5, 0.6) is 0 Å². The van der Waals surface area contributed by atoms with Crippen molar-refractivity contribution in [3.05, 3.63) is 0 Å². The molecule has 2 unspecified atom stereocenters. The fourth-order valence-electron chi connectivity index (χ4n) is 1.19. The Labute approximate surface area is 83.6 Å². The third-order valence-electron chi connectivity index (χ3n) is 2.49. The minimum Gasteiger partial charge on any atom is -0.480 e. The molecule has 5 nitrogen and oxygen atoms in total. The van der Waals surface area contributed by atoms with Crippen LogP contribution in [0.3, 0.4) is 0 Å². The number of aliphatic carboxylic acids is 1. The van der Waals surface area contributed by atoms with E-state index in [1.165, 1.54) is 6.92 Å². The first-order valence-corrected chi connectivity index (χ1v) is 6.13. The maximum Gasteiger partial charge on any atom is 0.323 e. The van der Waals surface area contributed by atoms with Gasteiger partial charge in [0.15, 0.2) is 5.25 Å². The van der Waals surface area contributed by atoms with Gasteiger partial charge in [-0.15, -0.1) is 0 Å². The van der Waals surface area contributed by atoms with Gasteiger partial charge in [-0.25, -0.2) is 13.1 Å². The Morgan fingerprint density at radius 1 is 1.43 bits per heavy atom. The Balaban J connectivity index is 2.60. The second kappa shape index (κ2) is 3.86. The molecular formula is C8H15NO4S. The number of hydrogen-bond acceptors (Lipinski definition) is 3. The van der Waals surface area contributed by atoms with Crippen molar-refractivity contribution in [2.24, 2.45) is 5.92 Å². The van der Waals surface area contributed by atoms with Crippen molar-refractivity contribution in [2.75, 3.05) is 0 Å². The van der Waals surface area contributed by atoms with Gasteiger partial charge in [-0.3, -0.25) is 4.79 Å². The summed E-state index contributed by atoms with van der Waals surface area (Å²) in [6.07, 6.45) is 2.04. The number of hydrogen-bond donors (Lipinski definition) is 2. The third kappa shape index (κ3) is 2.68. The van der Waals surface area contributed by atoms with Gasteiger partial charge in [-0.1, -0.05) is 0 Å². The lowest BCUT2D eigenvalue weighted by atomic mass is 10.2. The average Bonchev–Trinajstić information content (AvgIpc) is 2.83. The number of carbonyl (C=O) groups is 1. The molecule has 0 aromatic heterocycles. The zero-order valence-electron chi connectivity index (χ0n) is 8.23. The Bertz CT molecular complexity index is 320. The molecule has 1 saturated carbocycles. The molecule has 82 valence electrons. The molecule has 0 saturated heterocycles. The van der Waals surface area contributed by atoms with Gasteiger partial charge in [0.1, 0.15) is 0 Å². The number of nitrogens with one attached hydrogen (secondary N) is 1. The molecule has 1 aliphatic carbocycles. The van der Waals surface area contributed by atoms with E-state index in [0.29, 0.717) is 5.92 Å². The van der Waals surface area contributed by atoms with Crippen LogP contribution in [0.1, 0.15) is 26.7 Å². The minimum atomic E-state index is -3.71. The lowest BCUT2D eigenvalue weighted by Crippen LogP contribution is -2.42. The fourth-order valence-corrected chi connectivity index (χ4v) is 2.37. The summed E-state index contributed by atoms with van der Waals surface area (Å²) in [6, 6.07) is -0.151. The monoisotopic (exact) mass is 221 g/mol. The van der Waals surface area contributed by atoms with Gasteiger partial charge < -0.3 is 5.11 Å².